The molecule has 0 radical (unpaired) electrons. The van der Waals surface area contributed by atoms with Gasteiger partial charge in [0.15, 0.2) is 0 Å². The van der Waals surface area contributed by atoms with Crippen molar-refractivity contribution in [1.29, 1.82) is 0 Å². The first-order valence-corrected chi connectivity index (χ1v) is 9.99. The van der Waals surface area contributed by atoms with E-state index < -0.39 is 5.54 Å². The molecule has 10 heteroatoms. The molecule has 2 atom stereocenters. The van der Waals surface area contributed by atoms with E-state index in [4.69, 9.17) is 10.5 Å². The number of ether oxygens (including phenoxy) is 1. The van der Waals surface area contributed by atoms with E-state index in [0.717, 1.165) is 43.4 Å². The molecule has 1 saturated heterocycles. The number of carbonyl (C=O) groups excluding carboxylic acids is 1. The molecule has 2 aliphatic rings. The van der Waals surface area contributed by atoms with Gasteiger partial charge in [0.2, 0.25) is 5.91 Å². The third-order valence-electron chi connectivity index (χ3n) is 5.92. The van der Waals surface area contributed by atoms with Gasteiger partial charge in [-0.15, -0.1) is 48.6 Å². The Balaban J connectivity index is 0.00000243. The van der Waals surface area contributed by atoms with Gasteiger partial charge in [-0.3, -0.25) is 9.69 Å². The standard InChI is InChI=1S/C18H30N4O2S.3ClH/c1-5-24-15-10-18(19,17(15,3)4)16(23)22-8-6-21(7-9-22)11-14-12-25-13(2)20-14;;;/h12,15H,5-11,19H2,1-4H3;3*1H. The predicted octanol–water partition coefficient (Wildman–Crippen LogP) is 2.89. The summed E-state index contributed by atoms with van der Waals surface area (Å²) in [6.07, 6.45) is 0.686. The summed E-state index contributed by atoms with van der Waals surface area (Å²) >= 11 is 1.69. The molecule has 2 N–H and O–H groups in total. The molecular formula is C18H33Cl3N4O2S. The van der Waals surface area contributed by atoms with Crippen molar-refractivity contribution in [3.63, 3.8) is 0 Å². The Morgan fingerprint density at radius 1 is 1.29 bits per heavy atom. The van der Waals surface area contributed by atoms with Crippen molar-refractivity contribution in [3.05, 3.63) is 16.1 Å². The second kappa shape index (κ2) is 10.8. The molecule has 2 heterocycles. The van der Waals surface area contributed by atoms with Crippen LogP contribution in [0.25, 0.3) is 0 Å². The zero-order valence-electron chi connectivity index (χ0n) is 17.0. The van der Waals surface area contributed by atoms with Crippen LogP contribution in [-0.4, -0.2) is 65.1 Å². The van der Waals surface area contributed by atoms with Crippen LogP contribution >= 0.6 is 48.6 Å². The lowest BCUT2D eigenvalue weighted by Gasteiger charge is -2.59. The van der Waals surface area contributed by atoms with Crippen LogP contribution in [0.15, 0.2) is 5.38 Å². The van der Waals surface area contributed by atoms with Crippen molar-refractivity contribution < 1.29 is 9.53 Å². The number of halogens is 3. The highest BCUT2D eigenvalue weighted by molar-refractivity contribution is 7.09. The number of nitrogens with two attached hydrogens (primary N) is 1. The van der Waals surface area contributed by atoms with Crippen LogP contribution in [0.4, 0.5) is 0 Å². The lowest BCUT2D eigenvalue weighted by atomic mass is 9.54. The molecule has 28 heavy (non-hydrogen) atoms. The number of nitrogens with zero attached hydrogens (tertiary/aromatic N) is 3. The monoisotopic (exact) mass is 474 g/mol. The summed E-state index contributed by atoms with van der Waals surface area (Å²) in [5, 5.41) is 3.22. The van der Waals surface area contributed by atoms with Gasteiger partial charge in [0.1, 0.15) is 5.54 Å². The maximum atomic E-state index is 13.1. The number of piperazine rings is 1. The average Bonchev–Trinajstić information content (AvgIpc) is 2.99. The number of hydrogen-bond donors (Lipinski definition) is 1. The second-order valence-electron chi connectivity index (χ2n) is 7.77. The molecule has 0 aromatic carbocycles. The fourth-order valence-corrected chi connectivity index (χ4v) is 4.50. The second-order valence-corrected chi connectivity index (χ2v) is 8.83. The number of rotatable bonds is 5. The van der Waals surface area contributed by atoms with Gasteiger partial charge in [-0.1, -0.05) is 13.8 Å². The zero-order chi connectivity index (χ0) is 18.2. The number of thiazole rings is 1. The third kappa shape index (κ3) is 5.12. The Morgan fingerprint density at radius 3 is 2.36 bits per heavy atom. The van der Waals surface area contributed by atoms with Gasteiger partial charge in [-0.25, -0.2) is 4.98 Å². The van der Waals surface area contributed by atoms with Crippen molar-refractivity contribution in [2.75, 3.05) is 32.8 Å². The lowest BCUT2D eigenvalue weighted by molar-refractivity contribution is -0.180. The van der Waals surface area contributed by atoms with Crippen LogP contribution in [0.5, 0.6) is 0 Å². The summed E-state index contributed by atoms with van der Waals surface area (Å²) in [5.41, 5.74) is 6.54. The van der Waals surface area contributed by atoms with Crippen LogP contribution in [0, 0.1) is 12.3 Å². The molecule has 2 unspecified atom stereocenters. The molecule has 2 fully saturated rings. The molecule has 1 saturated carbocycles. The Kier molecular flexibility index (Phi) is 10.7. The number of aryl methyl sites for hydroxylation is 1. The topological polar surface area (TPSA) is 71.7 Å². The van der Waals surface area contributed by atoms with Crippen LogP contribution in [0.2, 0.25) is 0 Å². The van der Waals surface area contributed by atoms with E-state index in [-0.39, 0.29) is 54.6 Å². The number of amides is 1. The lowest BCUT2D eigenvalue weighted by Crippen LogP contribution is -2.76. The van der Waals surface area contributed by atoms with Crippen molar-refractivity contribution in [2.24, 2.45) is 11.1 Å². The first kappa shape index (κ1) is 27.8. The number of aromatic nitrogens is 1. The highest BCUT2D eigenvalue weighted by atomic mass is 35.5. The van der Waals surface area contributed by atoms with Gasteiger partial charge in [-0.2, -0.15) is 0 Å². The highest BCUT2D eigenvalue weighted by Gasteiger charge is 2.63. The first-order chi connectivity index (χ1) is 11.8. The van der Waals surface area contributed by atoms with Gasteiger partial charge in [0.25, 0.3) is 0 Å². The van der Waals surface area contributed by atoms with Crippen molar-refractivity contribution in [2.45, 2.75) is 52.3 Å². The summed E-state index contributed by atoms with van der Waals surface area (Å²) in [6, 6.07) is 0. The van der Waals surface area contributed by atoms with Crippen LogP contribution < -0.4 is 5.73 Å². The van der Waals surface area contributed by atoms with Gasteiger partial charge in [0, 0.05) is 56.5 Å². The molecule has 1 aromatic rings. The highest BCUT2D eigenvalue weighted by Crippen LogP contribution is 2.50. The average molecular weight is 476 g/mol. The molecule has 0 spiro atoms. The minimum Gasteiger partial charge on any atom is -0.378 e. The van der Waals surface area contributed by atoms with E-state index in [1.165, 1.54) is 0 Å². The van der Waals surface area contributed by atoms with E-state index in [0.29, 0.717) is 13.0 Å². The van der Waals surface area contributed by atoms with E-state index in [1.54, 1.807) is 11.3 Å². The van der Waals surface area contributed by atoms with Gasteiger partial charge in [0.05, 0.1) is 16.8 Å². The largest absolute Gasteiger partial charge is 0.378 e. The SMILES string of the molecule is CCOC1CC(N)(C(=O)N2CCN(Cc3csc(C)n3)CC2)C1(C)C.Cl.Cl.Cl. The van der Waals surface area contributed by atoms with E-state index >= 15 is 0 Å². The molecule has 1 aliphatic carbocycles. The quantitative estimate of drug-likeness (QED) is 0.709. The molecular weight excluding hydrogens is 443 g/mol. The normalized spacial score (nSPS) is 26.3. The predicted molar refractivity (Wildman–Crippen MR) is 121 cm³/mol. The van der Waals surface area contributed by atoms with Gasteiger partial charge < -0.3 is 15.4 Å². The van der Waals surface area contributed by atoms with E-state index in [2.05, 4.69) is 29.1 Å². The Morgan fingerprint density at radius 2 is 1.89 bits per heavy atom. The Bertz CT molecular complexity index is 638. The number of carbonyl (C=O) groups is 1. The van der Waals surface area contributed by atoms with Crippen molar-refractivity contribution in [3.8, 4) is 0 Å². The molecule has 6 nitrogen and oxygen atoms in total. The molecule has 164 valence electrons. The van der Waals surface area contributed by atoms with Crippen molar-refractivity contribution in [1.82, 2.24) is 14.8 Å². The summed E-state index contributed by atoms with van der Waals surface area (Å²) in [4.78, 5) is 21.9. The maximum absolute atomic E-state index is 13.1. The summed E-state index contributed by atoms with van der Waals surface area (Å²) in [7, 11) is 0. The molecule has 1 aliphatic heterocycles. The minimum absolute atomic E-state index is 0. The van der Waals surface area contributed by atoms with E-state index in [1.807, 2.05) is 18.7 Å². The first-order valence-electron chi connectivity index (χ1n) is 9.11. The van der Waals surface area contributed by atoms with Crippen molar-refractivity contribution >= 4 is 54.5 Å². The van der Waals surface area contributed by atoms with Crippen LogP contribution in [-0.2, 0) is 16.1 Å². The van der Waals surface area contributed by atoms with Crippen LogP contribution in [0.1, 0.15) is 37.9 Å². The maximum Gasteiger partial charge on any atom is 0.243 e. The van der Waals surface area contributed by atoms with Gasteiger partial charge >= 0.3 is 0 Å². The molecule has 3 rings (SSSR count). The number of hydrogen-bond acceptors (Lipinski definition) is 6. The zero-order valence-corrected chi connectivity index (χ0v) is 20.2. The molecule has 0 bridgehead atoms. The smallest absolute Gasteiger partial charge is 0.243 e. The summed E-state index contributed by atoms with van der Waals surface area (Å²) in [5.74, 6) is 0.0811. The third-order valence-corrected chi connectivity index (χ3v) is 6.75. The van der Waals surface area contributed by atoms with Gasteiger partial charge in [-0.05, 0) is 13.8 Å². The summed E-state index contributed by atoms with van der Waals surface area (Å²) in [6.45, 7) is 12.8. The minimum atomic E-state index is -0.805. The summed E-state index contributed by atoms with van der Waals surface area (Å²) < 4.78 is 5.75. The molecule has 1 amide bonds. The Labute approximate surface area is 190 Å². The fourth-order valence-electron chi connectivity index (χ4n) is 3.90. The fraction of sp³-hybridized carbons (Fsp3) is 0.778. The molecule has 1 aromatic heterocycles. The van der Waals surface area contributed by atoms with Crippen LogP contribution in [0.3, 0.4) is 0 Å². The Hall–Kier alpha value is -0.150. The van der Waals surface area contributed by atoms with E-state index in [9.17, 15) is 4.79 Å².